The third-order valence-corrected chi connectivity index (χ3v) is 3.71. The van der Waals surface area contributed by atoms with Gasteiger partial charge in [-0.2, -0.15) is 0 Å². The van der Waals surface area contributed by atoms with Crippen molar-refractivity contribution < 1.29 is 4.79 Å². The summed E-state index contributed by atoms with van der Waals surface area (Å²) in [7, 11) is 0. The molecular formula is C18H21ClN2O. The van der Waals surface area contributed by atoms with E-state index >= 15 is 0 Å². The van der Waals surface area contributed by atoms with E-state index in [1.165, 1.54) is 11.1 Å². The van der Waals surface area contributed by atoms with E-state index in [9.17, 15) is 4.79 Å². The summed E-state index contributed by atoms with van der Waals surface area (Å²) in [6.45, 7) is 3.33. The Bertz CT molecular complexity index is 611. The molecule has 0 radical (unpaired) electrons. The number of nitrogens with one attached hydrogen (secondary N) is 2. The van der Waals surface area contributed by atoms with Crippen LogP contribution in [0.5, 0.6) is 0 Å². The molecule has 116 valence electrons. The Morgan fingerprint density at radius 3 is 2.50 bits per heavy atom. The van der Waals surface area contributed by atoms with Gasteiger partial charge >= 0.3 is 0 Å². The van der Waals surface area contributed by atoms with E-state index in [4.69, 9.17) is 11.6 Å². The molecular weight excluding hydrogens is 296 g/mol. The van der Waals surface area contributed by atoms with E-state index in [1.807, 2.05) is 42.5 Å². The van der Waals surface area contributed by atoms with Crippen molar-refractivity contribution in [3.8, 4) is 0 Å². The molecule has 22 heavy (non-hydrogen) atoms. The number of aryl methyl sites for hydroxylation is 1. The minimum absolute atomic E-state index is 0.0649. The topological polar surface area (TPSA) is 41.1 Å². The van der Waals surface area contributed by atoms with Crippen LogP contribution in [0.15, 0.2) is 48.5 Å². The molecule has 4 heteroatoms. The lowest BCUT2D eigenvalue weighted by Crippen LogP contribution is -2.27. The highest BCUT2D eigenvalue weighted by molar-refractivity contribution is 6.30. The van der Waals surface area contributed by atoms with Crippen molar-refractivity contribution in [2.75, 3.05) is 18.4 Å². The number of benzene rings is 2. The van der Waals surface area contributed by atoms with Gasteiger partial charge in [-0.3, -0.25) is 4.79 Å². The first-order chi connectivity index (χ1) is 10.6. The molecule has 0 aromatic heterocycles. The fourth-order valence-corrected chi connectivity index (χ4v) is 2.29. The number of carbonyl (C=O) groups is 1. The highest BCUT2D eigenvalue weighted by Gasteiger charge is 2.02. The second kappa shape index (κ2) is 8.44. The van der Waals surface area contributed by atoms with Crippen molar-refractivity contribution >= 4 is 23.2 Å². The summed E-state index contributed by atoms with van der Waals surface area (Å²) in [5.41, 5.74) is 3.44. The van der Waals surface area contributed by atoms with Crippen LogP contribution < -0.4 is 10.6 Å². The maximum Gasteiger partial charge on any atom is 0.221 e. The normalized spacial score (nSPS) is 10.3. The van der Waals surface area contributed by atoms with Gasteiger partial charge in [0, 0.05) is 30.2 Å². The van der Waals surface area contributed by atoms with Crippen LogP contribution in [0, 0.1) is 6.92 Å². The van der Waals surface area contributed by atoms with Gasteiger partial charge in [0.05, 0.1) is 0 Å². The van der Waals surface area contributed by atoms with Crippen molar-refractivity contribution in [1.82, 2.24) is 5.32 Å². The van der Waals surface area contributed by atoms with Gasteiger partial charge in [-0.25, -0.2) is 0 Å². The second-order valence-corrected chi connectivity index (χ2v) is 5.65. The quantitative estimate of drug-likeness (QED) is 0.815. The zero-order valence-corrected chi connectivity index (χ0v) is 13.5. The fraction of sp³-hybridized carbons (Fsp3) is 0.278. The first-order valence-corrected chi connectivity index (χ1v) is 7.83. The molecule has 2 aromatic carbocycles. The number of para-hydroxylation sites is 1. The Kier molecular flexibility index (Phi) is 6.28. The highest BCUT2D eigenvalue weighted by atomic mass is 35.5. The first-order valence-electron chi connectivity index (χ1n) is 7.46. The minimum Gasteiger partial charge on any atom is -0.384 e. The molecule has 0 aliphatic rings. The van der Waals surface area contributed by atoms with Crippen molar-refractivity contribution in [1.29, 1.82) is 0 Å². The molecule has 0 fully saturated rings. The maximum atomic E-state index is 11.8. The Morgan fingerprint density at radius 2 is 1.77 bits per heavy atom. The molecule has 0 aliphatic heterocycles. The van der Waals surface area contributed by atoms with Crippen LogP contribution in [0.25, 0.3) is 0 Å². The predicted molar refractivity (Wildman–Crippen MR) is 92.5 cm³/mol. The number of anilines is 1. The summed E-state index contributed by atoms with van der Waals surface area (Å²) < 4.78 is 0. The van der Waals surface area contributed by atoms with Crippen LogP contribution in [0.2, 0.25) is 5.02 Å². The molecule has 0 aliphatic carbocycles. The van der Waals surface area contributed by atoms with E-state index in [-0.39, 0.29) is 5.91 Å². The van der Waals surface area contributed by atoms with Crippen molar-refractivity contribution in [2.45, 2.75) is 19.8 Å². The molecule has 0 heterocycles. The number of carbonyl (C=O) groups excluding carboxylic acids is 1. The molecule has 2 aromatic rings. The lowest BCUT2D eigenvalue weighted by atomic mass is 10.1. The Balaban J connectivity index is 1.64. The van der Waals surface area contributed by atoms with Gasteiger partial charge in [0.2, 0.25) is 5.91 Å². The monoisotopic (exact) mass is 316 g/mol. The number of rotatable bonds is 7. The van der Waals surface area contributed by atoms with Gasteiger partial charge < -0.3 is 10.6 Å². The lowest BCUT2D eigenvalue weighted by molar-refractivity contribution is -0.120. The third kappa shape index (κ3) is 5.41. The number of hydrogen-bond acceptors (Lipinski definition) is 2. The maximum absolute atomic E-state index is 11.8. The first kappa shape index (κ1) is 16.4. The van der Waals surface area contributed by atoms with Gasteiger partial charge in [0.15, 0.2) is 0 Å². The molecule has 2 N–H and O–H groups in total. The molecule has 0 bridgehead atoms. The second-order valence-electron chi connectivity index (χ2n) is 5.22. The molecule has 2 rings (SSSR count). The summed E-state index contributed by atoms with van der Waals surface area (Å²) in [5, 5.41) is 6.95. The largest absolute Gasteiger partial charge is 0.384 e. The summed E-state index contributed by atoms with van der Waals surface area (Å²) in [6, 6.07) is 15.8. The van der Waals surface area contributed by atoms with Crippen LogP contribution in [-0.4, -0.2) is 19.0 Å². The zero-order chi connectivity index (χ0) is 15.8. The zero-order valence-electron chi connectivity index (χ0n) is 12.7. The fourth-order valence-electron chi connectivity index (χ4n) is 2.17. The van der Waals surface area contributed by atoms with E-state index in [0.29, 0.717) is 19.5 Å². The van der Waals surface area contributed by atoms with Crippen molar-refractivity contribution in [3.63, 3.8) is 0 Å². The van der Waals surface area contributed by atoms with Crippen molar-refractivity contribution in [3.05, 3.63) is 64.7 Å². The molecule has 0 spiro atoms. The Morgan fingerprint density at radius 1 is 1.05 bits per heavy atom. The minimum atomic E-state index is 0.0649. The van der Waals surface area contributed by atoms with Crippen LogP contribution in [0.4, 0.5) is 5.69 Å². The van der Waals surface area contributed by atoms with Crippen LogP contribution in [0.3, 0.4) is 0 Å². The summed E-state index contributed by atoms with van der Waals surface area (Å²) in [6.07, 6.45) is 1.28. The average Bonchev–Trinajstić information content (AvgIpc) is 2.51. The Labute approximate surface area is 136 Å². The van der Waals surface area contributed by atoms with Gasteiger partial charge in [-0.05, 0) is 42.7 Å². The molecule has 1 amide bonds. The molecule has 0 saturated heterocycles. The molecule has 0 saturated carbocycles. The van der Waals surface area contributed by atoms with E-state index in [1.54, 1.807) is 0 Å². The van der Waals surface area contributed by atoms with Gasteiger partial charge in [0.25, 0.3) is 0 Å². The highest BCUT2D eigenvalue weighted by Crippen LogP contribution is 2.12. The van der Waals surface area contributed by atoms with E-state index in [2.05, 4.69) is 23.6 Å². The number of hydrogen-bond donors (Lipinski definition) is 2. The van der Waals surface area contributed by atoms with E-state index < -0.39 is 0 Å². The Hall–Kier alpha value is -2.00. The summed E-state index contributed by atoms with van der Waals surface area (Å²) in [5.74, 6) is 0.0649. The number of halogens is 1. The molecule has 0 atom stereocenters. The molecule has 0 unspecified atom stereocenters. The van der Waals surface area contributed by atoms with Crippen LogP contribution in [0.1, 0.15) is 17.5 Å². The number of amides is 1. The summed E-state index contributed by atoms with van der Waals surface area (Å²) >= 11 is 5.84. The van der Waals surface area contributed by atoms with Crippen molar-refractivity contribution in [2.24, 2.45) is 0 Å². The van der Waals surface area contributed by atoms with Gasteiger partial charge in [0.1, 0.15) is 0 Å². The lowest BCUT2D eigenvalue weighted by Gasteiger charge is -2.09. The van der Waals surface area contributed by atoms with E-state index in [0.717, 1.165) is 17.1 Å². The molecule has 3 nitrogen and oxygen atoms in total. The van der Waals surface area contributed by atoms with Crippen LogP contribution in [-0.2, 0) is 11.2 Å². The van der Waals surface area contributed by atoms with Crippen LogP contribution >= 0.6 is 11.6 Å². The predicted octanol–water partition coefficient (Wildman–Crippen LogP) is 3.81. The smallest absolute Gasteiger partial charge is 0.221 e. The standard InChI is InChI=1S/C18H21ClN2O/c1-14-4-2-3-5-17(14)20-13-11-18(22)21-12-10-15-6-8-16(19)9-7-15/h2-9,20H,10-13H2,1H3,(H,21,22). The summed E-state index contributed by atoms with van der Waals surface area (Å²) in [4.78, 5) is 11.8. The SMILES string of the molecule is Cc1ccccc1NCCC(=O)NCCc1ccc(Cl)cc1. The average molecular weight is 317 g/mol. The van der Waals surface area contributed by atoms with Gasteiger partial charge in [-0.1, -0.05) is 41.9 Å². The third-order valence-electron chi connectivity index (χ3n) is 3.46. The van der Waals surface area contributed by atoms with Gasteiger partial charge in [-0.15, -0.1) is 0 Å².